The third-order valence-corrected chi connectivity index (χ3v) is 3.35. The van der Waals surface area contributed by atoms with Crippen LogP contribution in [0.4, 0.5) is 5.69 Å². The lowest BCUT2D eigenvalue weighted by molar-refractivity contribution is 0.102. The first kappa shape index (κ1) is 15.4. The Morgan fingerprint density at radius 1 is 1.24 bits per heavy atom. The van der Waals surface area contributed by atoms with Gasteiger partial charge in [0.15, 0.2) is 0 Å². The molecule has 0 bridgehead atoms. The fraction of sp³-hybridized carbons (Fsp3) is 0.235. The Bertz CT molecular complexity index is 610. The van der Waals surface area contributed by atoms with Gasteiger partial charge in [-0.3, -0.25) is 4.79 Å². The van der Waals surface area contributed by atoms with Gasteiger partial charge >= 0.3 is 0 Å². The molecule has 0 saturated heterocycles. The molecule has 4 heteroatoms. The standard InChI is InChI=1S/C17H18ClNO2/c1-3-12(2)21-16-9-7-13(8-10-16)17(20)19-15-6-4-5-14(18)11-15/h4-12H,3H2,1-2H3,(H,19,20). The van der Waals surface area contributed by atoms with Crippen molar-refractivity contribution in [1.82, 2.24) is 0 Å². The zero-order chi connectivity index (χ0) is 15.2. The van der Waals surface area contributed by atoms with E-state index < -0.39 is 0 Å². The van der Waals surface area contributed by atoms with Crippen molar-refractivity contribution in [2.75, 3.05) is 5.32 Å². The minimum absolute atomic E-state index is 0.163. The number of carbonyl (C=O) groups excluding carboxylic acids is 1. The molecule has 0 fully saturated rings. The van der Waals surface area contributed by atoms with E-state index in [0.717, 1.165) is 12.2 Å². The topological polar surface area (TPSA) is 38.3 Å². The molecule has 0 aliphatic rings. The number of carbonyl (C=O) groups is 1. The molecule has 2 aromatic rings. The minimum Gasteiger partial charge on any atom is -0.491 e. The number of nitrogens with one attached hydrogen (secondary N) is 1. The molecule has 3 nitrogen and oxygen atoms in total. The van der Waals surface area contributed by atoms with Gasteiger partial charge in [0, 0.05) is 16.3 Å². The van der Waals surface area contributed by atoms with Crippen LogP contribution in [-0.2, 0) is 0 Å². The molecule has 0 aromatic heterocycles. The Balaban J connectivity index is 2.03. The number of hydrogen-bond donors (Lipinski definition) is 1. The van der Waals surface area contributed by atoms with E-state index in [1.165, 1.54) is 0 Å². The summed E-state index contributed by atoms with van der Waals surface area (Å²) in [4.78, 5) is 12.1. The third-order valence-electron chi connectivity index (χ3n) is 3.11. The third kappa shape index (κ3) is 4.50. The molecule has 0 aliphatic carbocycles. The normalized spacial score (nSPS) is 11.8. The Morgan fingerprint density at radius 2 is 1.95 bits per heavy atom. The van der Waals surface area contributed by atoms with E-state index >= 15 is 0 Å². The highest BCUT2D eigenvalue weighted by Gasteiger charge is 2.07. The SMILES string of the molecule is CCC(C)Oc1ccc(C(=O)Nc2cccc(Cl)c2)cc1. The van der Waals surface area contributed by atoms with Crippen LogP contribution in [0, 0.1) is 0 Å². The van der Waals surface area contributed by atoms with Crippen molar-refractivity contribution >= 4 is 23.2 Å². The van der Waals surface area contributed by atoms with Gasteiger partial charge in [0.2, 0.25) is 0 Å². The first-order valence-electron chi connectivity index (χ1n) is 6.92. The van der Waals surface area contributed by atoms with E-state index in [4.69, 9.17) is 16.3 Å². The van der Waals surface area contributed by atoms with Crippen molar-refractivity contribution in [3.05, 3.63) is 59.1 Å². The lowest BCUT2D eigenvalue weighted by atomic mass is 10.2. The maximum atomic E-state index is 12.1. The quantitative estimate of drug-likeness (QED) is 0.864. The van der Waals surface area contributed by atoms with Crippen LogP contribution in [-0.4, -0.2) is 12.0 Å². The fourth-order valence-corrected chi connectivity index (χ4v) is 1.96. The first-order valence-corrected chi connectivity index (χ1v) is 7.30. The minimum atomic E-state index is -0.174. The zero-order valence-corrected chi connectivity index (χ0v) is 12.9. The molecule has 0 radical (unpaired) electrons. The number of hydrogen-bond acceptors (Lipinski definition) is 2. The number of anilines is 1. The second-order valence-corrected chi connectivity index (χ2v) is 5.26. The molecule has 1 N–H and O–H groups in total. The van der Waals surface area contributed by atoms with Gasteiger partial charge in [-0.15, -0.1) is 0 Å². The van der Waals surface area contributed by atoms with Crippen LogP contribution in [0.2, 0.25) is 5.02 Å². The van der Waals surface area contributed by atoms with Crippen molar-refractivity contribution in [2.45, 2.75) is 26.4 Å². The molecular weight excluding hydrogens is 286 g/mol. The van der Waals surface area contributed by atoms with E-state index in [1.807, 2.05) is 6.92 Å². The summed E-state index contributed by atoms with van der Waals surface area (Å²) >= 11 is 5.89. The predicted octanol–water partition coefficient (Wildman–Crippen LogP) is 4.77. The monoisotopic (exact) mass is 303 g/mol. The number of ether oxygens (including phenoxy) is 1. The van der Waals surface area contributed by atoms with E-state index in [2.05, 4.69) is 12.2 Å². The van der Waals surface area contributed by atoms with Gasteiger partial charge in [-0.1, -0.05) is 24.6 Å². The molecule has 110 valence electrons. The molecular formula is C17H18ClNO2. The van der Waals surface area contributed by atoms with Gasteiger partial charge in [0.05, 0.1) is 6.10 Å². The molecule has 0 aliphatic heterocycles. The summed E-state index contributed by atoms with van der Waals surface area (Å²) in [7, 11) is 0. The van der Waals surface area contributed by atoms with Crippen LogP contribution in [0.15, 0.2) is 48.5 Å². The van der Waals surface area contributed by atoms with Crippen LogP contribution in [0.25, 0.3) is 0 Å². The average molecular weight is 304 g/mol. The Hall–Kier alpha value is -2.00. The van der Waals surface area contributed by atoms with Crippen LogP contribution >= 0.6 is 11.6 Å². The summed E-state index contributed by atoms with van der Waals surface area (Å²) in [6, 6.07) is 14.2. The van der Waals surface area contributed by atoms with Crippen molar-refractivity contribution < 1.29 is 9.53 Å². The number of amides is 1. The second-order valence-electron chi connectivity index (χ2n) is 4.83. The van der Waals surface area contributed by atoms with E-state index in [0.29, 0.717) is 16.3 Å². The van der Waals surface area contributed by atoms with E-state index in [-0.39, 0.29) is 12.0 Å². The van der Waals surface area contributed by atoms with Crippen LogP contribution in [0.1, 0.15) is 30.6 Å². The molecule has 2 rings (SSSR count). The average Bonchev–Trinajstić information content (AvgIpc) is 2.47. The summed E-state index contributed by atoms with van der Waals surface area (Å²) in [5.74, 6) is 0.594. The number of rotatable bonds is 5. The zero-order valence-electron chi connectivity index (χ0n) is 12.1. The van der Waals surface area contributed by atoms with Gasteiger partial charge in [-0.25, -0.2) is 0 Å². The second kappa shape index (κ2) is 7.14. The highest BCUT2D eigenvalue weighted by atomic mass is 35.5. The van der Waals surface area contributed by atoms with Crippen LogP contribution < -0.4 is 10.1 Å². The largest absolute Gasteiger partial charge is 0.491 e. The van der Waals surface area contributed by atoms with Gasteiger partial charge in [0.25, 0.3) is 5.91 Å². The highest BCUT2D eigenvalue weighted by Crippen LogP contribution is 2.18. The maximum absolute atomic E-state index is 12.1. The number of benzene rings is 2. The van der Waals surface area contributed by atoms with E-state index in [9.17, 15) is 4.79 Å². The van der Waals surface area contributed by atoms with Crippen molar-refractivity contribution in [3.63, 3.8) is 0 Å². The van der Waals surface area contributed by atoms with Crippen molar-refractivity contribution in [3.8, 4) is 5.75 Å². The predicted molar refractivity (Wildman–Crippen MR) is 86.2 cm³/mol. The van der Waals surface area contributed by atoms with E-state index in [1.54, 1.807) is 48.5 Å². The first-order chi connectivity index (χ1) is 10.1. The smallest absolute Gasteiger partial charge is 0.255 e. The fourth-order valence-electron chi connectivity index (χ4n) is 1.77. The van der Waals surface area contributed by atoms with Gasteiger partial charge in [-0.05, 0) is 55.8 Å². The lowest BCUT2D eigenvalue weighted by Crippen LogP contribution is -2.12. The molecule has 0 spiro atoms. The summed E-state index contributed by atoms with van der Waals surface area (Å²) in [6.07, 6.45) is 1.10. The van der Waals surface area contributed by atoms with Crippen molar-refractivity contribution in [1.29, 1.82) is 0 Å². The molecule has 0 heterocycles. The molecule has 21 heavy (non-hydrogen) atoms. The molecule has 1 atom stereocenters. The summed E-state index contributed by atoms with van der Waals surface area (Å²) < 4.78 is 5.68. The van der Waals surface area contributed by atoms with Crippen LogP contribution in [0.5, 0.6) is 5.75 Å². The molecule has 2 aromatic carbocycles. The van der Waals surface area contributed by atoms with Crippen molar-refractivity contribution in [2.24, 2.45) is 0 Å². The Kier molecular flexibility index (Phi) is 5.23. The van der Waals surface area contributed by atoms with Gasteiger partial charge in [-0.2, -0.15) is 0 Å². The number of halogens is 1. The van der Waals surface area contributed by atoms with Crippen LogP contribution in [0.3, 0.4) is 0 Å². The van der Waals surface area contributed by atoms with Gasteiger partial charge in [0.1, 0.15) is 5.75 Å². The Morgan fingerprint density at radius 3 is 2.57 bits per heavy atom. The molecule has 0 saturated carbocycles. The molecule has 1 amide bonds. The van der Waals surface area contributed by atoms with Gasteiger partial charge < -0.3 is 10.1 Å². The Labute approximate surface area is 129 Å². The summed E-state index contributed by atoms with van der Waals surface area (Å²) in [5.41, 5.74) is 1.25. The molecule has 1 unspecified atom stereocenters. The summed E-state index contributed by atoms with van der Waals surface area (Å²) in [6.45, 7) is 4.08. The summed E-state index contributed by atoms with van der Waals surface area (Å²) in [5, 5.41) is 3.39. The maximum Gasteiger partial charge on any atom is 0.255 e. The highest BCUT2D eigenvalue weighted by molar-refractivity contribution is 6.30. The lowest BCUT2D eigenvalue weighted by Gasteiger charge is -2.12.